The minimum Gasteiger partial charge on any atom is -0.134 e. The summed E-state index contributed by atoms with van der Waals surface area (Å²) in [4.78, 5) is 0. The first kappa shape index (κ1) is 32.4. The van der Waals surface area contributed by atoms with Crippen molar-refractivity contribution >= 4 is 80.7 Å². The van der Waals surface area contributed by atoms with Crippen molar-refractivity contribution in [2.75, 3.05) is 0 Å². The maximum absolute atomic E-state index is 2.52. The van der Waals surface area contributed by atoms with Crippen LogP contribution in [0.2, 0.25) is 0 Å². The van der Waals surface area contributed by atoms with E-state index in [1.807, 2.05) is 11.3 Å². The van der Waals surface area contributed by atoms with E-state index in [4.69, 9.17) is 0 Å². The van der Waals surface area contributed by atoms with E-state index in [-0.39, 0.29) is 0 Å². The second-order valence-corrected chi connectivity index (χ2v) is 16.5. The molecule has 1 heteroatoms. The van der Waals surface area contributed by atoms with Crippen LogP contribution in [-0.4, -0.2) is 0 Å². The molecular weight excluding hydrogens is 705 g/mol. The zero-order chi connectivity index (χ0) is 37.5. The molecule has 0 radical (unpaired) electrons. The molecule has 57 heavy (non-hydrogen) atoms. The third kappa shape index (κ3) is 5.06. The number of aryl methyl sites for hydroxylation is 1. The normalized spacial score (nSPS) is 12.7. The molecule has 0 N–H and O–H groups in total. The van der Waals surface area contributed by atoms with Crippen LogP contribution in [0.4, 0.5) is 0 Å². The molecule has 0 atom stereocenters. The van der Waals surface area contributed by atoms with Crippen LogP contribution in [0.3, 0.4) is 0 Å². The molecular formula is C56H36S. The van der Waals surface area contributed by atoms with Crippen LogP contribution in [-0.2, 0) is 6.42 Å². The van der Waals surface area contributed by atoms with E-state index >= 15 is 0 Å². The lowest BCUT2D eigenvalue weighted by atomic mass is 9.82. The molecule has 0 spiro atoms. The third-order valence-electron chi connectivity index (χ3n) is 12.3. The number of allylic oxidation sites excluding steroid dienone is 1. The Morgan fingerprint density at radius 3 is 1.79 bits per heavy atom. The lowest BCUT2D eigenvalue weighted by molar-refractivity contribution is 0.986. The molecule has 1 aliphatic rings. The summed E-state index contributed by atoms with van der Waals surface area (Å²) < 4.78 is 2.66. The van der Waals surface area contributed by atoms with E-state index in [1.54, 1.807) is 0 Å². The van der Waals surface area contributed by atoms with Gasteiger partial charge in [-0.2, -0.15) is 0 Å². The molecule has 1 aliphatic carbocycles. The van der Waals surface area contributed by atoms with Gasteiger partial charge in [0.15, 0.2) is 0 Å². The Balaban J connectivity index is 1.24. The summed E-state index contributed by atoms with van der Waals surface area (Å²) in [5.41, 5.74) is 12.9. The van der Waals surface area contributed by atoms with Crippen molar-refractivity contribution in [2.24, 2.45) is 0 Å². The van der Waals surface area contributed by atoms with Gasteiger partial charge in [-0.1, -0.05) is 170 Å². The van der Waals surface area contributed by atoms with Crippen molar-refractivity contribution in [1.82, 2.24) is 0 Å². The summed E-state index contributed by atoms with van der Waals surface area (Å²) in [6.45, 7) is 0. The maximum Gasteiger partial charge on any atom is 0.0446 e. The predicted molar refractivity (Wildman–Crippen MR) is 248 cm³/mol. The highest BCUT2D eigenvalue weighted by Crippen LogP contribution is 2.52. The topological polar surface area (TPSA) is 0 Å². The van der Waals surface area contributed by atoms with Crippen LogP contribution in [0, 0.1) is 0 Å². The van der Waals surface area contributed by atoms with E-state index in [9.17, 15) is 0 Å². The Labute approximate surface area is 335 Å². The molecule has 1 aromatic heterocycles. The molecule has 266 valence electrons. The number of benzene rings is 10. The van der Waals surface area contributed by atoms with Crippen molar-refractivity contribution in [1.29, 1.82) is 0 Å². The molecule has 0 nitrogen and oxygen atoms in total. The first-order valence-electron chi connectivity index (χ1n) is 20.0. The fraction of sp³-hybridized carbons (Fsp3) is 0.0357. The first-order valence-corrected chi connectivity index (χ1v) is 20.8. The van der Waals surface area contributed by atoms with Gasteiger partial charge in [0.25, 0.3) is 0 Å². The quantitative estimate of drug-likeness (QED) is 0.158. The van der Waals surface area contributed by atoms with Crippen LogP contribution < -0.4 is 0 Å². The van der Waals surface area contributed by atoms with E-state index in [1.165, 1.54) is 119 Å². The van der Waals surface area contributed by atoms with Gasteiger partial charge in [0, 0.05) is 25.7 Å². The predicted octanol–water partition coefficient (Wildman–Crippen LogP) is 16.3. The Morgan fingerprint density at radius 1 is 0.368 bits per heavy atom. The summed E-state index contributed by atoms with van der Waals surface area (Å²) in [5.74, 6) is 0. The molecule has 0 aliphatic heterocycles. The lowest BCUT2D eigenvalue weighted by Crippen LogP contribution is -1.96. The van der Waals surface area contributed by atoms with E-state index in [2.05, 4.69) is 194 Å². The number of hydrogen-bond acceptors (Lipinski definition) is 1. The maximum atomic E-state index is 2.52. The minimum absolute atomic E-state index is 1.10. The van der Waals surface area contributed by atoms with Crippen LogP contribution in [0.1, 0.15) is 17.5 Å². The summed E-state index contributed by atoms with van der Waals surface area (Å²) in [6, 6.07) is 68.3. The number of fused-ring (bicyclic) bond motifs is 9. The van der Waals surface area contributed by atoms with Gasteiger partial charge in [-0.25, -0.2) is 0 Å². The van der Waals surface area contributed by atoms with Crippen molar-refractivity contribution in [3.8, 4) is 44.5 Å². The van der Waals surface area contributed by atoms with Crippen LogP contribution in [0.15, 0.2) is 188 Å². The minimum atomic E-state index is 1.10. The molecule has 0 saturated carbocycles. The van der Waals surface area contributed by atoms with Crippen LogP contribution in [0.5, 0.6) is 0 Å². The standard InChI is InChI=1S/C56H36S/c1-2-16-37(17-3-1)54-53(45-22-10-11-23-46(45)55-48-24-12-13-25-50(48)57-56(54)55)42-30-31-47-49(34-42)52(41-29-27-36-15-5-7-19-39(36)33-41)44-21-9-8-20-43(44)51(47)40-28-26-35-14-4-6-18-38(35)32-40/h1-3,5-13,15-34H,4,14H2. The molecule has 0 amide bonds. The van der Waals surface area contributed by atoms with E-state index in [0.29, 0.717) is 0 Å². The zero-order valence-corrected chi connectivity index (χ0v) is 32.1. The monoisotopic (exact) mass is 740 g/mol. The van der Waals surface area contributed by atoms with E-state index < -0.39 is 0 Å². The number of hydrogen-bond donors (Lipinski definition) is 0. The smallest absolute Gasteiger partial charge is 0.0446 e. The van der Waals surface area contributed by atoms with Crippen molar-refractivity contribution < 1.29 is 0 Å². The van der Waals surface area contributed by atoms with Gasteiger partial charge in [0.05, 0.1) is 0 Å². The first-order chi connectivity index (χ1) is 28.3. The lowest BCUT2D eigenvalue weighted by Gasteiger charge is -2.21. The van der Waals surface area contributed by atoms with Gasteiger partial charge in [0.2, 0.25) is 0 Å². The van der Waals surface area contributed by atoms with Gasteiger partial charge < -0.3 is 0 Å². The molecule has 0 fully saturated rings. The Morgan fingerprint density at radius 2 is 0.965 bits per heavy atom. The molecule has 1 heterocycles. The fourth-order valence-corrected chi connectivity index (χ4v) is 11.0. The van der Waals surface area contributed by atoms with Crippen LogP contribution >= 0.6 is 11.3 Å². The highest BCUT2D eigenvalue weighted by Gasteiger charge is 2.23. The second kappa shape index (κ2) is 12.9. The molecule has 12 rings (SSSR count). The van der Waals surface area contributed by atoms with Gasteiger partial charge in [-0.15, -0.1) is 11.3 Å². The molecule has 0 bridgehead atoms. The van der Waals surface area contributed by atoms with Gasteiger partial charge in [-0.3, -0.25) is 0 Å². The van der Waals surface area contributed by atoms with Gasteiger partial charge >= 0.3 is 0 Å². The Hall–Kier alpha value is -6.80. The largest absolute Gasteiger partial charge is 0.134 e. The average molecular weight is 741 g/mol. The number of rotatable bonds is 4. The summed E-state index contributed by atoms with van der Waals surface area (Å²) in [7, 11) is 0. The SMILES string of the molecule is C1=Cc2cc(-c3c4ccccc4c(-c4ccc5ccccc5c4)c4cc(-c5c(-c6ccccc6)c6sc7ccccc7c6c6ccccc56)ccc34)ccc2CC1. The highest BCUT2D eigenvalue weighted by atomic mass is 32.1. The molecule has 10 aromatic carbocycles. The summed E-state index contributed by atoms with van der Waals surface area (Å²) in [5, 5.41) is 12.9. The average Bonchev–Trinajstić information content (AvgIpc) is 3.67. The second-order valence-electron chi connectivity index (χ2n) is 15.4. The zero-order valence-electron chi connectivity index (χ0n) is 31.3. The summed E-state index contributed by atoms with van der Waals surface area (Å²) in [6.07, 6.45) is 6.84. The van der Waals surface area contributed by atoms with Crippen molar-refractivity contribution in [2.45, 2.75) is 12.8 Å². The summed E-state index contributed by atoms with van der Waals surface area (Å²) >= 11 is 1.92. The van der Waals surface area contributed by atoms with Gasteiger partial charge in [0.1, 0.15) is 0 Å². The van der Waals surface area contributed by atoms with Crippen molar-refractivity contribution in [3.05, 3.63) is 199 Å². The number of thiophene rings is 1. The fourth-order valence-electron chi connectivity index (χ4n) is 9.72. The molecule has 0 saturated heterocycles. The Bertz CT molecular complexity index is 3450. The third-order valence-corrected chi connectivity index (χ3v) is 13.5. The molecule has 0 unspecified atom stereocenters. The van der Waals surface area contributed by atoms with Crippen LogP contribution in [0.25, 0.3) is 114 Å². The highest BCUT2D eigenvalue weighted by molar-refractivity contribution is 7.26. The van der Waals surface area contributed by atoms with E-state index in [0.717, 1.165) is 12.8 Å². The Kier molecular flexibility index (Phi) is 7.33. The molecule has 11 aromatic rings. The van der Waals surface area contributed by atoms with Crippen molar-refractivity contribution in [3.63, 3.8) is 0 Å². The van der Waals surface area contributed by atoms with Gasteiger partial charge in [-0.05, 0) is 130 Å².